The predicted molar refractivity (Wildman–Crippen MR) is 68.8 cm³/mol. The van der Waals surface area contributed by atoms with Crippen molar-refractivity contribution in [1.29, 1.82) is 0 Å². The maximum atomic E-state index is 12.4. The average Bonchev–Trinajstić information content (AvgIpc) is 2.59. The van der Waals surface area contributed by atoms with Crippen LogP contribution in [0.15, 0.2) is 42.0 Å². The second kappa shape index (κ2) is 3.80. The summed E-state index contributed by atoms with van der Waals surface area (Å²) in [6.45, 7) is 3.96. The summed E-state index contributed by atoms with van der Waals surface area (Å²) >= 11 is 0. The molecule has 1 aliphatic heterocycles. The van der Waals surface area contributed by atoms with Crippen LogP contribution in [-0.4, -0.2) is 11.8 Å². The van der Waals surface area contributed by atoms with Gasteiger partial charge >= 0.3 is 0 Å². The van der Waals surface area contributed by atoms with Gasteiger partial charge in [-0.25, -0.2) is 4.90 Å². The van der Waals surface area contributed by atoms with Gasteiger partial charge in [-0.2, -0.15) is 0 Å². The van der Waals surface area contributed by atoms with Crippen molar-refractivity contribution >= 4 is 17.5 Å². The van der Waals surface area contributed by atoms with Gasteiger partial charge in [0.1, 0.15) is 0 Å². The van der Waals surface area contributed by atoms with Crippen LogP contribution in [0.2, 0.25) is 0 Å². The first-order chi connectivity index (χ1) is 8.66. The minimum atomic E-state index is -0.210. The number of nitrogens with zero attached hydrogens (tertiary/aromatic N) is 1. The van der Waals surface area contributed by atoms with Gasteiger partial charge in [0.25, 0.3) is 0 Å². The third-order valence-corrected chi connectivity index (χ3v) is 4.12. The quantitative estimate of drug-likeness (QED) is 0.559. The topological polar surface area (TPSA) is 37.4 Å². The molecule has 1 saturated carbocycles. The minimum absolute atomic E-state index is 0.0469. The number of imide groups is 1. The molecule has 0 aromatic heterocycles. The van der Waals surface area contributed by atoms with E-state index in [0.29, 0.717) is 5.69 Å². The Balaban J connectivity index is 2.01. The van der Waals surface area contributed by atoms with Crippen molar-refractivity contribution in [3.05, 3.63) is 42.0 Å². The highest BCUT2D eigenvalue weighted by molar-refractivity contribution is 6.24. The summed E-state index contributed by atoms with van der Waals surface area (Å²) in [6.07, 6.45) is 1.98. The van der Waals surface area contributed by atoms with Crippen molar-refractivity contribution in [3.8, 4) is 0 Å². The molecule has 2 aliphatic rings. The number of anilines is 1. The highest BCUT2D eigenvalue weighted by Crippen LogP contribution is 2.52. The molecular formula is C15H15NO2. The molecule has 1 aromatic rings. The van der Waals surface area contributed by atoms with Crippen LogP contribution in [0, 0.1) is 17.8 Å². The van der Waals surface area contributed by atoms with E-state index in [1.807, 2.05) is 38.1 Å². The molecule has 2 amide bonds. The van der Waals surface area contributed by atoms with Crippen LogP contribution in [0.4, 0.5) is 5.69 Å². The zero-order valence-electron chi connectivity index (χ0n) is 10.5. The van der Waals surface area contributed by atoms with Crippen LogP contribution in [-0.2, 0) is 9.59 Å². The van der Waals surface area contributed by atoms with Crippen LogP contribution < -0.4 is 4.90 Å². The number of para-hydroxylation sites is 1. The highest BCUT2D eigenvalue weighted by atomic mass is 16.2. The highest BCUT2D eigenvalue weighted by Gasteiger charge is 2.59. The molecule has 1 aromatic carbocycles. The lowest BCUT2D eigenvalue weighted by Crippen LogP contribution is -2.39. The fourth-order valence-corrected chi connectivity index (χ4v) is 3.19. The molecule has 0 N–H and O–H groups in total. The molecule has 0 bridgehead atoms. The van der Waals surface area contributed by atoms with E-state index >= 15 is 0 Å². The second-order valence-electron chi connectivity index (χ2n) is 4.93. The Morgan fingerprint density at radius 3 is 2.39 bits per heavy atom. The summed E-state index contributed by atoms with van der Waals surface area (Å²) < 4.78 is 0. The summed E-state index contributed by atoms with van der Waals surface area (Å²) in [4.78, 5) is 26.0. The van der Waals surface area contributed by atoms with E-state index in [1.54, 1.807) is 12.1 Å². The van der Waals surface area contributed by atoms with Gasteiger partial charge in [-0.05, 0) is 25.0 Å². The molecule has 3 heteroatoms. The number of allylic oxidation sites excluding steroid dienone is 1. The van der Waals surface area contributed by atoms with E-state index in [-0.39, 0.29) is 29.6 Å². The lowest BCUT2D eigenvalue weighted by molar-refractivity contribution is -0.123. The number of amides is 2. The zero-order chi connectivity index (χ0) is 12.9. The lowest BCUT2D eigenvalue weighted by Gasteiger charge is -2.37. The van der Waals surface area contributed by atoms with Crippen molar-refractivity contribution in [2.45, 2.75) is 13.8 Å². The molecule has 1 aliphatic carbocycles. The Bertz CT molecular complexity index is 547. The Kier molecular flexibility index (Phi) is 2.37. The molecule has 3 atom stereocenters. The third-order valence-electron chi connectivity index (χ3n) is 4.12. The molecule has 0 unspecified atom stereocenters. The first kappa shape index (κ1) is 11.2. The van der Waals surface area contributed by atoms with E-state index in [2.05, 4.69) is 0 Å². The van der Waals surface area contributed by atoms with Gasteiger partial charge < -0.3 is 0 Å². The Morgan fingerprint density at radius 1 is 1.11 bits per heavy atom. The molecule has 18 heavy (non-hydrogen) atoms. The Labute approximate surface area is 106 Å². The van der Waals surface area contributed by atoms with Crippen LogP contribution in [0.5, 0.6) is 0 Å². The molecule has 0 radical (unpaired) electrons. The molecule has 1 saturated heterocycles. The normalized spacial score (nSPS) is 32.7. The largest absolute Gasteiger partial charge is 0.274 e. The smallest absolute Gasteiger partial charge is 0.241 e. The van der Waals surface area contributed by atoms with Crippen molar-refractivity contribution in [3.63, 3.8) is 0 Å². The number of carbonyl (C=O) groups excluding carboxylic acids is 2. The van der Waals surface area contributed by atoms with E-state index in [4.69, 9.17) is 0 Å². The number of hydrogen-bond acceptors (Lipinski definition) is 2. The maximum absolute atomic E-state index is 12.4. The Morgan fingerprint density at radius 2 is 1.78 bits per heavy atom. The number of hydrogen-bond donors (Lipinski definition) is 0. The van der Waals surface area contributed by atoms with Crippen molar-refractivity contribution < 1.29 is 9.59 Å². The van der Waals surface area contributed by atoms with Crippen molar-refractivity contribution in [2.24, 2.45) is 17.8 Å². The van der Waals surface area contributed by atoms with Gasteiger partial charge in [0.2, 0.25) is 11.8 Å². The second-order valence-corrected chi connectivity index (χ2v) is 4.93. The van der Waals surface area contributed by atoms with E-state index in [0.717, 1.165) is 5.57 Å². The number of rotatable bonds is 1. The monoisotopic (exact) mass is 241 g/mol. The van der Waals surface area contributed by atoms with Crippen molar-refractivity contribution in [1.82, 2.24) is 0 Å². The van der Waals surface area contributed by atoms with Crippen LogP contribution in [0.3, 0.4) is 0 Å². The van der Waals surface area contributed by atoms with Crippen LogP contribution in [0.1, 0.15) is 13.8 Å². The first-order valence-electron chi connectivity index (χ1n) is 6.25. The van der Waals surface area contributed by atoms with Gasteiger partial charge in [-0.3, -0.25) is 9.59 Å². The summed E-state index contributed by atoms with van der Waals surface area (Å²) in [6, 6.07) is 9.18. The molecule has 2 fully saturated rings. The van der Waals surface area contributed by atoms with E-state index < -0.39 is 0 Å². The lowest BCUT2D eigenvalue weighted by atomic mass is 9.63. The fourth-order valence-electron chi connectivity index (χ4n) is 3.19. The molecule has 1 heterocycles. The van der Waals surface area contributed by atoms with Crippen molar-refractivity contribution in [2.75, 3.05) is 4.90 Å². The average molecular weight is 241 g/mol. The number of fused-ring (bicyclic) bond motifs is 1. The summed E-state index contributed by atoms with van der Waals surface area (Å²) in [7, 11) is 0. The minimum Gasteiger partial charge on any atom is -0.274 e. The van der Waals surface area contributed by atoms with Gasteiger partial charge in [-0.1, -0.05) is 36.8 Å². The van der Waals surface area contributed by atoms with E-state index in [9.17, 15) is 9.59 Å². The first-order valence-corrected chi connectivity index (χ1v) is 6.25. The predicted octanol–water partition coefficient (Wildman–Crippen LogP) is 2.39. The standard InChI is InChI=1S/C15H15NO2/c1-3-11-9(2)12-13(11)15(18)16(14(12)17)10-7-5-4-6-8-10/h3-9,12-13H,1-2H3/b11-3-/t9-,12-,13-/m0/s1. The molecule has 92 valence electrons. The van der Waals surface area contributed by atoms with Gasteiger partial charge in [-0.15, -0.1) is 0 Å². The third kappa shape index (κ3) is 1.24. The molecule has 3 rings (SSSR count). The fraction of sp³-hybridized carbons (Fsp3) is 0.333. The van der Waals surface area contributed by atoms with Crippen LogP contribution in [0.25, 0.3) is 0 Å². The SMILES string of the molecule is C/C=C1/[C@H](C)[C@@H]2C(=O)N(c3ccccc3)C(=O)[C@@H]12. The van der Waals surface area contributed by atoms with E-state index in [1.165, 1.54) is 4.90 Å². The van der Waals surface area contributed by atoms with Gasteiger partial charge in [0.05, 0.1) is 17.5 Å². The van der Waals surface area contributed by atoms with Crippen LogP contribution >= 0.6 is 0 Å². The zero-order valence-corrected chi connectivity index (χ0v) is 10.5. The number of carbonyl (C=O) groups is 2. The number of benzene rings is 1. The molecule has 0 spiro atoms. The maximum Gasteiger partial charge on any atom is 0.241 e. The summed E-state index contributed by atoms with van der Waals surface area (Å²) in [5.74, 6) is -0.275. The molecular weight excluding hydrogens is 226 g/mol. The Hall–Kier alpha value is -1.90. The summed E-state index contributed by atoms with van der Waals surface area (Å²) in [5, 5.41) is 0. The molecule has 3 nitrogen and oxygen atoms in total. The van der Waals surface area contributed by atoms with Gasteiger partial charge in [0, 0.05) is 0 Å². The van der Waals surface area contributed by atoms with Gasteiger partial charge in [0.15, 0.2) is 0 Å². The summed E-state index contributed by atoms with van der Waals surface area (Å²) in [5.41, 5.74) is 1.79.